The van der Waals surface area contributed by atoms with E-state index in [-0.39, 0.29) is 12.3 Å². The van der Waals surface area contributed by atoms with Gasteiger partial charge in [0.2, 0.25) is 0 Å². The van der Waals surface area contributed by atoms with E-state index in [1.807, 2.05) is 54.1 Å². The smallest absolute Gasteiger partial charge is 0.252 e. The summed E-state index contributed by atoms with van der Waals surface area (Å²) in [4.78, 5) is 17.8. The molecule has 0 aliphatic heterocycles. The third-order valence-corrected chi connectivity index (χ3v) is 6.04. The Morgan fingerprint density at radius 2 is 1.89 bits per heavy atom. The Balaban J connectivity index is 1.76. The number of carbonyl (C=O) groups is 1. The average Bonchev–Trinajstić information content (AvgIpc) is 3.00. The minimum atomic E-state index is -0.148. The van der Waals surface area contributed by atoms with Gasteiger partial charge in [0.1, 0.15) is 11.3 Å². The number of hydrogen-bond acceptors (Lipinski definition) is 3. The van der Waals surface area contributed by atoms with Gasteiger partial charge < -0.3 is 9.30 Å². The van der Waals surface area contributed by atoms with Gasteiger partial charge in [-0.3, -0.25) is 4.79 Å². The standard InChI is InChI=1S/C22H20N2O2S/c1-14-11-12-18(26-3)20-21(14)27-22(24(20)2)23-19(25)13-16-9-6-8-15-7-4-5-10-17(15)16/h4-12H,13H2,1-3H3. The molecule has 0 saturated carbocycles. The second-order valence-electron chi connectivity index (χ2n) is 6.53. The summed E-state index contributed by atoms with van der Waals surface area (Å²) in [6, 6.07) is 18.1. The lowest BCUT2D eigenvalue weighted by Crippen LogP contribution is -2.14. The molecule has 1 heterocycles. The molecule has 0 atom stereocenters. The predicted octanol–water partition coefficient (Wildman–Crippen LogP) is 4.38. The first-order valence-corrected chi connectivity index (χ1v) is 9.57. The topological polar surface area (TPSA) is 43.6 Å². The summed E-state index contributed by atoms with van der Waals surface area (Å²) in [5.74, 6) is 0.641. The van der Waals surface area contributed by atoms with Gasteiger partial charge in [-0.2, -0.15) is 4.99 Å². The third-order valence-electron chi connectivity index (χ3n) is 4.77. The average molecular weight is 376 g/mol. The van der Waals surface area contributed by atoms with Gasteiger partial charge in [-0.25, -0.2) is 0 Å². The normalized spacial score (nSPS) is 12.0. The Hall–Kier alpha value is -2.92. The van der Waals surface area contributed by atoms with Gasteiger partial charge in [0.25, 0.3) is 5.91 Å². The van der Waals surface area contributed by atoms with Crippen LogP contribution in [0.5, 0.6) is 5.75 Å². The van der Waals surface area contributed by atoms with Crippen molar-refractivity contribution in [3.8, 4) is 5.75 Å². The minimum Gasteiger partial charge on any atom is -0.495 e. The van der Waals surface area contributed by atoms with E-state index < -0.39 is 0 Å². The maximum absolute atomic E-state index is 12.7. The number of hydrogen-bond donors (Lipinski definition) is 0. The largest absolute Gasteiger partial charge is 0.495 e. The molecule has 1 amide bonds. The summed E-state index contributed by atoms with van der Waals surface area (Å²) in [6.45, 7) is 2.06. The highest BCUT2D eigenvalue weighted by molar-refractivity contribution is 7.16. The van der Waals surface area contributed by atoms with Crippen LogP contribution in [0.4, 0.5) is 0 Å². The maximum Gasteiger partial charge on any atom is 0.252 e. The molecule has 4 aromatic rings. The number of aryl methyl sites for hydroxylation is 2. The maximum atomic E-state index is 12.7. The Morgan fingerprint density at radius 3 is 2.70 bits per heavy atom. The fraction of sp³-hybridized carbons (Fsp3) is 0.182. The summed E-state index contributed by atoms with van der Waals surface area (Å²) in [7, 11) is 3.58. The zero-order valence-electron chi connectivity index (χ0n) is 15.5. The van der Waals surface area contributed by atoms with Crippen molar-refractivity contribution in [3.05, 3.63) is 70.5 Å². The lowest BCUT2D eigenvalue weighted by atomic mass is 10.0. The molecule has 27 heavy (non-hydrogen) atoms. The van der Waals surface area contributed by atoms with Crippen molar-refractivity contribution < 1.29 is 9.53 Å². The van der Waals surface area contributed by atoms with Gasteiger partial charge in [0.15, 0.2) is 4.80 Å². The molecule has 0 N–H and O–H groups in total. The number of amides is 1. The molecular weight excluding hydrogens is 356 g/mol. The number of rotatable bonds is 3. The first kappa shape index (κ1) is 17.5. The molecule has 0 spiro atoms. The molecule has 136 valence electrons. The number of methoxy groups -OCH3 is 1. The van der Waals surface area contributed by atoms with Gasteiger partial charge in [-0.05, 0) is 34.9 Å². The first-order valence-electron chi connectivity index (χ1n) is 8.76. The van der Waals surface area contributed by atoms with Crippen molar-refractivity contribution in [1.29, 1.82) is 0 Å². The van der Waals surface area contributed by atoms with Crippen LogP contribution in [0.3, 0.4) is 0 Å². The highest BCUT2D eigenvalue weighted by Crippen LogP contribution is 2.29. The number of benzene rings is 3. The third kappa shape index (κ3) is 3.15. The van der Waals surface area contributed by atoms with Gasteiger partial charge in [0.05, 0.1) is 18.2 Å². The molecule has 4 nitrogen and oxygen atoms in total. The molecular formula is C22H20N2O2S. The molecule has 0 bridgehead atoms. The van der Waals surface area contributed by atoms with Gasteiger partial charge in [-0.1, -0.05) is 59.9 Å². The van der Waals surface area contributed by atoms with Crippen molar-refractivity contribution in [3.63, 3.8) is 0 Å². The molecule has 0 saturated heterocycles. The second-order valence-corrected chi connectivity index (χ2v) is 7.50. The Morgan fingerprint density at radius 1 is 1.11 bits per heavy atom. The molecule has 0 aliphatic carbocycles. The Kier molecular flexibility index (Phi) is 4.54. The summed E-state index contributed by atoms with van der Waals surface area (Å²) in [5, 5.41) is 2.23. The van der Waals surface area contributed by atoms with E-state index in [1.54, 1.807) is 7.11 Å². The lowest BCUT2D eigenvalue weighted by molar-refractivity contribution is -0.117. The van der Waals surface area contributed by atoms with Crippen molar-refractivity contribution in [2.75, 3.05) is 7.11 Å². The fourth-order valence-corrected chi connectivity index (χ4v) is 4.50. The lowest BCUT2D eigenvalue weighted by Gasteiger charge is -2.05. The van der Waals surface area contributed by atoms with E-state index in [0.29, 0.717) is 4.80 Å². The minimum absolute atomic E-state index is 0.148. The molecule has 0 aliphatic rings. The monoisotopic (exact) mass is 376 g/mol. The molecule has 0 radical (unpaired) electrons. The fourth-order valence-electron chi connectivity index (χ4n) is 3.37. The number of carbonyl (C=O) groups excluding carboxylic acids is 1. The van der Waals surface area contributed by atoms with Crippen molar-refractivity contribution >= 4 is 38.2 Å². The van der Waals surface area contributed by atoms with Crippen molar-refractivity contribution in [1.82, 2.24) is 4.57 Å². The van der Waals surface area contributed by atoms with Crippen LogP contribution in [0.2, 0.25) is 0 Å². The highest BCUT2D eigenvalue weighted by atomic mass is 32.1. The molecule has 4 rings (SSSR count). The van der Waals surface area contributed by atoms with Crippen LogP contribution in [-0.2, 0) is 18.3 Å². The van der Waals surface area contributed by atoms with Crippen molar-refractivity contribution in [2.24, 2.45) is 12.0 Å². The van der Waals surface area contributed by atoms with Gasteiger partial charge in [-0.15, -0.1) is 0 Å². The van der Waals surface area contributed by atoms with E-state index in [0.717, 1.165) is 37.9 Å². The van der Waals surface area contributed by atoms with Crippen LogP contribution < -0.4 is 9.54 Å². The van der Waals surface area contributed by atoms with Crippen LogP contribution in [0.15, 0.2) is 59.6 Å². The number of aromatic nitrogens is 1. The van der Waals surface area contributed by atoms with E-state index >= 15 is 0 Å². The van der Waals surface area contributed by atoms with Crippen LogP contribution in [0.1, 0.15) is 11.1 Å². The quantitative estimate of drug-likeness (QED) is 0.533. The summed E-state index contributed by atoms with van der Waals surface area (Å²) in [6.07, 6.45) is 0.283. The van der Waals surface area contributed by atoms with Gasteiger partial charge in [0, 0.05) is 7.05 Å². The van der Waals surface area contributed by atoms with Crippen LogP contribution >= 0.6 is 11.3 Å². The zero-order valence-corrected chi connectivity index (χ0v) is 16.3. The molecule has 3 aromatic carbocycles. The first-order chi connectivity index (χ1) is 13.1. The van der Waals surface area contributed by atoms with E-state index in [2.05, 4.69) is 24.0 Å². The number of ether oxygens (including phenoxy) is 1. The molecule has 0 unspecified atom stereocenters. The van der Waals surface area contributed by atoms with Gasteiger partial charge >= 0.3 is 0 Å². The van der Waals surface area contributed by atoms with Crippen molar-refractivity contribution in [2.45, 2.75) is 13.3 Å². The van der Waals surface area contributed by atoms with E-state index in [9.17, 15) is 4.79 Å². The Labute approximate surface area is 161 Å². The summed E-state index contributed by atoms with van der Waals surface area (Å²) in [5.41, 5.74) is 3.12. The number of nitrogens with zero attached hydrogens (tertiary/aromatic N) is 2. The SMILES string of the molecule is COc1ccc(C)c2sc(=NC(=O)Cc3cccc4ccccc34)n(C)c12. The molecule has 1 aromatic heterocycles. The Bertz CT molecular complexity index is 1230. The second kappa shape index (κ2) is 7.00. The van der Waals surface area contributed by atoms with Crippen LogP contribution in [0.25, 0.3) is 21.0 Å². The highest BCUT2D eigenvalue weighted by Gasteiger charge is 2.12. The molecule has 5 heteroatoms. The van der Waals surface area contributed by atoms with Crippen LogP contribution in [-0.4, -0.2) is 17.6 Å². The summed E-state index contributed by atoms with van der Waals surface area (Å²) >= 11 is 1.52. The zero-order chi connectivity index (χ0) is 19.0. The number of thiazole rings is 1. The van der Waals surface area contributed by atoms with E-state index in [1.165, 1.54) is 11.3 Å². The molecule has 0 fully saturated rings. The predicted molar refractivity (Wildman–Crippen MR) is 110 cm³/mol. The van der Waals surface area contributed by atoms with Crippen LogP contribution in [0, 0.1) is 6.92 Å². The summed E-state index contributed by atoms with van der Waals surface area (Å²) < 4.78 is 8.51. The van der Waals surface area contributed by atoms with E-state index in [4.69, 9.17) is 4.74 Å². The number of fused-ring (bicyclic) bond motifs is 2.